The van der Waals surface area contributed by atoms with E-state index in [-0.39, 0.29) is 0 Å². The lowest BCUT2D eigenvalue weighted by atomic mass is 10.3. The van der Waals surface area contributed by atoms with Crippen LogP contribution >= 0.6 is 0 Å². The van der Waals surface area contributed by atoms with Crippen molar-refractivity contribution in [3.8, 4) is 0 Å². The zero-order chi connectivity index (χ0) is 10.4. The Hall–Kier alpha value is -0.580. The molecule has 1 rings (SSSR count). The van der Waals surface area contributed by atoms with E-state index >= 15 is 0 Å². The van der Waals surface area contributed by atoms with Gasteiger partial charge in [-0.3, -0.25) is 0 Å². The molecule has 0 amide bonds. The van der Waals surface area contributed by atoms with Gasteiger partial charge in [0.15, 0.2) is 0 Å². The van der Waals surface area contributed by atoms with Crippen LogP contribution in [-0.4, -0.2) is 55.6 Å². The van der Waals surface area contributed by atoms with E-state index in [2.05, 4.69) is 4.90 Å². The van der Waals surface area contributed by atoms with Gasteiger partial charge in [-0.05, 0) is 14.0 Å². The molecule has 0 bridgehead atoms. The van der Waals surface area contributed by atoms with E-state index in [1.165, 1.54) is 0 Å². The molecule has 2 unspecified atom stereocenters. The summed E-state index contributed by atoms with van der Waals surface area (Å²) in [6.45, 7) is 4.59. The second kappa shape index (κ2) is 6.01. The van der Waals surface area contributed by atoms with Gasteiger partial charge in [-0.2, -0.15) is 0 Å². The molecule has 1 heterocycles. The van der Waals surface area contributed by atoms with Crippen LogP contribution in [0.1, 0.15) is 6.92 Å². The molecular formula is C10H19NO3. The van der Waals surface area contributed by atoms with Gasteiger partial charge in [-0.25, -0.2) is 0 Å². The van der Waals surface area contributed by atoms with Crippen LogP contribution in [-0.2, 0) is 9.47 Å². The summed E-state index contributed by atoms with van der Waals surface area (Å²) in [5.41, 5.74) is 0. The zero-order valence-electron chi connectivity index (χ0n) is 8.85. The summed E-state index contributed by atoms with van der Waals surface area (Å²) in [5.74, 6) is 0. The first kappa shape index (κ1) is 11.5. The number of aliphatic hydroxyl groups is 1. The SMILES string of the molecule is CC=COCC(O)CN(C)CC1CO1. The third-order valence-electron chi connectivity index (χ3n) is 1.96. The second-order valence-electron chi connectivity index (χ2n) is 3.63. The monoisotopic (exact) mass is 201 g/mol. The topological polar surface area (TPSA) is 45.2 Å². The molecule has 2 atom stereocenters. The minimum Gasteiger partial charge on any atom is -0.499 e. The Kier molecular flexibility index (Phi) is 4.93. The maximum atomic E-state index is 9.54. The normalized spacial score (nSPS) is 23.0. The van der Waals surface area contributed by atoms with Crippen LogP contribution in [0.4, 0.5) is 0 Å². The van der Waals surface area contributed by atoms with Crippen LogP contribution in [0.15, 0.2) is 12.3 Å². The molecule has 1 N–H and O–H groups in total. The number of rotatable bonds is 7. The molecule has 0 saturated carbocycles. The summed E-state index contributed by atoms with van der Waals surface area (Å²) in [4.78, 5) is 2.06. The number of hydrogen-bond donors (Lipinski definition) is 1. The van der Waals surface area contributed by atoms with Crippen LogP contribution < -0.4 is 0 Å². The Bertz CT molecular complexity index is 180. The number of hydrogen-bond acceptors (Lipinski definition) is 4. The molecule has 1 saturated heterocycles. The molecule has 1 aliphatic heterocycles. The van der Waals surface area contributed by atoms with Crippen molar-refractivity contribution in [2.75, 3.05) is 33.4 Å². The van der Waals surface area contributed by atoms with Gasteiger partial charge in [-0.1, -0.05) is 6.08 Å². The molecule has 0 spiro atoms. The van der Waals surface area contributed by atoms with E-state index < -0.39 is 6.10 Å². The van der Waals surface area contributed by atoms with Gasteiger partial charge >= 0.3 is 0 Å². The average Bonchev–Trinajstić information content (AvgIpc) is 2.88. The third kappa shape index (κ3) is 5.21. The first-order valence-electron chi connectivity index (χ1n) is 4.93. The van der Waals surface area contributed by atoms with Crippen molar-refractivity contribution in [2.24, 2.45) is 0 Å². The zero-order valence-corrected chi connectivity index (χ0v) is 8.85. The minimum atomic E-state index is -0.435. The Balaban J connectivity index is 2.02. The fourth-order valence-corrected chi connectivity index (χ4v) is 1.27. The molecule has 4 heteroatoms. The molecule has 1 aliphatic rings. The molecule has 0 aromatic heterocycles. The summed E-state index contributed by atoms with van der Waals surface area (Å²) in [7, 11) is 1.97. The first-order chi connectivity index (χ1) is 6.72. The fraction of sp³-hybridized carbons (Fsp3) is 0.800. The highest BCUT2D eigenvalue weighted by Gasteiger charge is 2.24. The number of likely N-dealkylation sites (N-methyl/N-ethyl adjacent to an activating group) is 1. The molecular weight excluding hydrogens is 182 g/mol. The Morgan fingerprint density at radius 1 is 1.71 bits per heavy atom. The standard InChI is InChI=1S/C10H19NO3/c1-3-4-13-7-9(12)5-11(2)6-10-8-14-10/h3-4,9-10,12H,5-8H2,1-2H3. The number of aliphatic hydroxyl groups excluding tert-OH is 1. The second-order valence-corrected chi connectivity index (χ2v) is 3.63. The van der Waals surface area contributed by atoms with Crippen LogP contribution in [0.3, 0.4) is 0 Å². The quantitative estimate of drug-likeness (QED) is 0.473. The van der Waals surface area contributed by atoms with Crippen molar-refractivity contribution >= 4 is 0 Å². The van der Waals surface area contributed by atoms with E-state index in [0.29, 0.717) is 19.3 Å². The maximum Gasteiger partial charge on any atom is 0.114 e. The summed E-state index contributed by atoms with van der Waals surface area (Å²) >= 11 is 0. The Labute approximate surface area is 85.1 Å². The number of epoxide rings is 1. The van der Waals surface area contributed by atoms with Crippen molar-refractivity contribution in [1.29, 1.82) is 0 Å². The van der Waals surface area contributed by atoms with Gasteiger partial charge < -0.3 is 19.5 Å². The van der Waals surface area contributed by atoms with Crippen molar-refractivity contribution in [3.05, 3.63) is 12.3 Å². The molecule has 0 radical (unpaired) electrons. The minimum absolute atomic E-state index is 0.347. The van der Waals surface area contributed by atoms with Crippen LogP contribution in [0.2, 0.25) is 0 Å². The molecule has 14 heavy (non-hydrogen) atoms. The van der Waals surface area contributed by atoms with Crippen LogP contribution in [0, 0.1) is 0 Å². The molecule has 4 nitrogen and oxygen atoms in total. The van der Waals surface area contributed by atoms with Gasteiger partial charge in [0, 0.05) is 13.1 Å². The van der Waals surface area contributed by atoms with E-state index in [9.17, 15) is 5.11 Å². The van der Waals surface area contributed by atoms with E-state index in [1.807, 2.05) is 14.0 Å². The number of ether oxygens (including phenoxy) is 2. The fourth-order valence-electron chi connectivity index (χ4n) is 1.27. The van der Waals surface area contributed by atoms with Crippen molar-refractivity contribution in [2.45, 2.75) is 19.1 Å². The largest absolute Gasteiger partial charge is 0.499 e. The number of allylic oxidation sites excluding steroid dienone is 1. The predicted octanol–water partition coefficient (Wildman–Crippen LogP) is 0.228. The lowest BCUT2D eigenvalue weighted by molar-refractivity contribution is 0.0570. The number of nitrogens with zero attached hydrogens (tertiary/aromatic N) is 1. The summed E-state index contributed by atoms with van der Waals surface area (Å²) < 4.78 is 10.2. The molecule has 1 fully saturated rings. The third-order valence-corrected chi connectivity index (χ3v) is 1.96. The van der Waals surface area contributed by atoms with E-state index in [4.69, 9.17) is 9.47 Å². The van der Waals surface area contributed by atoms with Gasteiger partial charge in [-0.15, -0.1) is 0 Å². The summed E-state index contributed by atoms with van der Waals surface area (Å²) in [6.07, 6.45) is 3.33. The lowest BCUT2D eigenvalue weighted by Gasteiger charge is -2.19. The van der Waals surface area contributed by atoms with Crippen molar-refractivity contribution in [3.63, 3.8) is 0 Å². The molecule has 0 aliphatic carbocycles. The molecule has 82 valence electrons. The Morgan fingerprint density at radius 3 is 3.00 bits per heavy atom. The molecule has 0 aromatic rings. The summed E-state index contributed by atoms with van der Waals surface area (Å²) in [6, 6.07) is 0. The predicted molar refractivity (Wildman–Crippen MR) is 54.0 cm³/mol. The van der Waals surface area contributed by atoms with Crippen LogP contribution in [0.25, 0.3) is 0 Å². The highest BCUT2D eigenvalue weighted by atomic mass is 16.6. The van der Waals surface area contributed by atoms with Crippen molar-refractivity contribution < 1.29 is 14.6 Å². The smallest absolute Gasteiger partial charge is 0.114 e. The van der Waals surface area contributed by atoms with Gasteiger partial charge in [0.25, 0.3) is 0 Å². The van der Waals surface area contributed by atoms with Gasteiger partial charge in [0.2, 0.25) is 0 Å². The highest BCUT2D eigenvalue weighted by molar-refractivity contribution is 4.74. The maximum absolute atomic E-state index is 9.54. The van der Waals surface area contributed by atoms with Crippen molar-refractivity contribution in [1.82, 2.24) is 4.90 Å². The highest BCUT2D eigenvalue weighted by Crippen LogP contribution is 2.09. The van der Waals surface area contributed by atoms with E-state index in [1.54, 1.807) is 12.3 Å². The van der Waals surface area contributed by atoms with E-state index in [0.717, 1.165) is 13.2 Å². The molecule has 0 aromatic carbocycles. The van der Waals surface area contributed by atoms with Gasteiger partial charge in [0.05, 0.1) is 19.0 Å². The Morgan fingerprint density at radius 2 is 2.43 bits per heavy atom. The first-order valence-corrected chi connectivity index (χ1v) is 4.93. The van der Waals surface area contributed by atoms with Crippen LogP contribution in [0.5, 0.6) is 0 Å². The lowest BCUT2D eigenvalue weighted by Crippen LogP contribution is -2.34. The average molecular weight is 201 g/mol. The van der Waals surface area contributed by atoms with Gasteiger partial charge in [0.1, 0.15) is 12.7 Å². The summed E-state index contributed by atoms with van der Waals surface area (Å²) in [5, 5.41) is 9.54.